The summed E-state index contributed by atoms with van der Waals surface area (Å²) in [5.41, 5.74) is 13.4. The van der Waals surface area contributed by atoms with Crippen LogP contribution in [0.15, 0.2) is 61.1 Å². The molecule has 2 aromatic carbocycles. The Morgan fingerprint density at radius 1 is 1.06 bits per heavy atom. The highest BCUT2D eigenvalue weighted by molar-refractivity contribution is 6.48. The molecular formula is C22H18FN5O3. The highest BCUT2D eigenvalue weighted by atomic mass is 19.1. The number of ketones is 1. The van der Waals surface area contributed by atoms with Crippen LogP contribution in [0.5, 0.6) is 5.75 Å². The first-order valence-corrected chi connectivity index (χ1v) is 9.24. The van der Waals surface area contributed by atoms with Gasteiger partial charge in [0.2, 0.25) is 0 Å². The average molecular weight is 419 g/mol. The second-order valence-corrected chi connectivity index (χ2v) is 6.97. The molecule has 0 aliphatic carbocycles. The molecule has 0 fully saturated rings. The maximum atomic E-state index is 13.2. The third-order valence-corrected chi connectivity index (χ3v) is 4.82. The summed E-state index contributed by atoms with van der Waals surface area (Å²) in [5.74, 6) is -2.17. The lowest BCUT2D eigenvalue weighted by Crippen LogP contribution is -2.24. The molecule has 2 aromatic heterocycles. The van der Waals surface area contributed by atoms with Crippen LogP contribution in [0.3, 0.4) is 0 Å². The number of fused-ring (bicyclic) bond motifs is 1. The van der Waals surface area contributed by atoms with Gasteiger partial charge in [0.25, 0.3) is 11.7 Å². The van der Waals surface area contributed by atoms with Crippen molar-refractivity contribution < 1.29 is 19.1 Å². The molecule has 31 heavy (non-hydrogen) atoms. The monoisotopic (exact) mass is 419 g/mol. The van der Waals surface area contributed by atoms with Crippen molar-refractivity contribution in [1.29, 1.82) is 0 Å². The molecule has 156 valence electrons. The SMILES string of the molecule is Nc1cncc(N)c1NC(=O)C(=O)c1cn(Cc2ccc(F)cc2)c2ccc(O)cc12. The van der Waals surface area contributed by atoms with Crippen molar-refractivity contribution in [2.24, 2.45) is 0 Å². The van der Waals surface area contributed by atoms with Gasteiger partial charge in [-0.15, -0.1) is 0 Å². The van der Waals surface area contributed by atoms with E-state index in [0.717, 1.165) is 5.56 Å². The van der Waals surface area contributed by atoms with Crippen LogP contribution in [0.4, 0.5) is 21.5 Å². The van der Waals surface area contributed by atoms with Crippen molar-refractivity contribution in [3.63, 3.8) is 0 Å². The molecule has 4 rings (SSSR count). The number of nitrogens with two attached hydrogens (primary N) is 2. The Kier molecular flexibility index (Phi) is 5.00. The number of nitrogens with zero attached hydrogens (tertiary/aromatic N) is 2. The van der Waals surface area contributed by atoms with Gasteiger partial charge in [0.15, 0.2) is 0 Å². The van der Waals surface area contributed by atoms with E-state index in [1.165, 1.54) is 42.9 Å². The number of nitrogen functional groups attached to an aromatic ring is 2. The normalized spacial score (nSPS) is 10.9. The van der Waals surface area contributed by atoms with Crippen LogP contribution < -0.4 is 16.8 Å². The zero-order valence-electron chi connectivity index (χ0n) is 16.2. The van der Waals surface area contributed by atoms with Crippen LogP contribution in [0, 0.1) is 5.82 Å². The molecular weight excluding hydrogens is 401 g/mol. The van der Waals surface area contributed by atoms with Gasteiger partial charge < -0.3 is 26.5 Å². The minimum Gasteiger partial charge on any atom is -0.508 e. The Labute approximate surface area is 175 Å². The molecule has 8 nitrogen and oxygen atoms in total. The van der Waals surface area contributed by atoms with Crippen molar-refractivity contribution in [1.82, 2.24) is 9.55 Å². The maximum Gasteiger partial charge on any atom is 0.296 e. The van der Waals surface area contributed by atoms with E-state index in [2.05, 4.69) is 10.3 Å². The minimum atomic E-state index is -0.936. The number of hydrogen-bond acceptors (Lipinski definition) is 6. The topological polar surface area (TPSA) is 136 Å². The number of Topliss-reactive ketones (excluding diaryl/α,β-unsaturated/α-hetero) is 1. The van der Waals surface area contributed by atoms with Gasteiger partial charge in [-0.3, -0.25) is 14.6 Å². The fourth-order valence-corrected chi connectivity index (χ4v) is 3.31. The molecule has 0 radical (unpaired) electrons. The third kappa shape index (κ3) is 3.88. The maximum absolute atomic E-state index is 13.2. The smallest absolute Gasteiger partial charge is 0.296 e. The summed E-state index contributed by atoms with van der Waals surface area (Å²) < 4.78 is 15.0. The zero-order chi connectivity index (χ0) is 22.1. The number of carbonyl (C=O) groups excluding carboxylic acids is 2. The van der Waals surface area contributed by atoms with Crippen LogP contribution in [0.25, 0.3) is 10.9 Å². The van der Waals surface area contributed by atoms with Gasteiger partial charge in [-0.25, -0.2) is 4.39 Å². The number of benzene rings is 2. The number of rotatable bonds is 5. The van der Waals surface area contributed by atoms with E-state index in [-0.39, 0.29) is 34.2 Å². The first kappa shape index (κ1) is 19.9. The fourth-order valence-electron chi connectivity index (χ4n) is 3.31. The second-order valence-electron chi connectivity index (χ2n) is 6.97. The fraction of sp³-hybridized carbons (Fsp3) is 0.0455. The standard InChI is InChI=1S/C22H18FN5O3/c23-13-3-1-12(2-4-13)10-28-11-16(15-7-14(29)5-6-19(15)28)21(30)22(31)27-20-17(24)8-26-9-18(20)25/h1-9,11,29H,10,24-25H2,(H,26,27,31). The molecule has 1 amide bonds. The molecule has 0 aliphatic rings. The molecule has 9 heteroatoms. The number of aromatic hydroxyl groups is 1. The molecule has 0 saturated heterocycles. The van der Waals surface area contributed by atoms with Crippen molar-refractivity contribution in [3.8, 4) is 5.75 Å². The second kappa shape index (κ2) is 7.79. The Morgan fingerprint density at radius 2 is 1.74 bits per heavy atom. The van der Waals surface area contributed by atoms with Crippen molar-refractivity contribution in [2.75, 3.05) is 16.8 Å². The van der Waals surface area contributed by atoms with Gasteiger partial charge in [0.1, 0.15) is 11.6 Å². The lowest BCUT2D eigenvalue weighted by atomic mass is 10.1. The van der Waals surface area contributed by atoms with E-state index in [0.29, 0.717) is 17.4 Å². The Morgan fingerprint density at radius 3 is 2.42 bits per heavy atom. The van der Waals surface area contributed by atoms with Crippen LogP contribution in [0.2, 0.25) is 0 Å². The number of phenols is 1. The first-order valence-electron chi connectivity index (χ1n) is 9.24. The zero-order valence-corrected chi connectivity index (χ0v) is 16.2. The molecule has 4 aromatic rings. The van der Waals surface area contributed by atoms with Crippen LogP contribution in [0.1, 0.15) is 15.9 Å². The highest BCUT2D eigenvalue weighted by Gasteiger charge is 2.23. The molecule has 0 unspecified atom stereocenters. The summed E-state index contributed by atoms with van der Waals surface area (Å²) >= 11 is 0. The van der Waals surface area contributed by atoms with E-state index < -0.39 is 11.7 Å². The Balaban J connectivity index is 1.71. The van der Waals surface area contributed by atoms with Gasteiger partial charge in [0.05, 0.1) is 35.0 Å². The van der Waals surface area contributed by atoms with Crippen molar-refractivity contribution in [2.45, 2.75) is 6.54 Å². The van der Waals surface area contributed by atoms with Gasteiger partial charge >= 0.3 is 0 Å². The number of nitrogens with one attached hydrogen (secondary N) is 1. The number of hydrogen-bond donors (Lipinski definition) is 4. The van der Waals surface area contributed by atoms with Gasteiger partial charge in [-0.05, 0) is 35.9 Å². The number of phenolic OH excluding ortho intramolecular Hbond substituents is 1. The van der Waals surface area contributed by atoms with Crippen molar-refractivity contribution >= 4 is 39.7 Å². The van der Waals surface area contributed by atoms with Crippen LogP contribution >= 0.6 is 0 Å². The van der Waals surface area contributed by atoms with E-state index in [9.17, 15) is 19.1 Å². The van der Waals surface area contributed by atoms with E-state index in [1.54, 1.807) is 22.8 Å². The molecule has 0 atom stereocenters. The molecule has 0 aliphatic heterocycles. The molecule has 0 saturated carbocycles. The molecule has 2 heterocycles. The van der Waals surface area contributed by atoms with Gasteiger partial charge in [0, 0.05) is 23.6 Å². The summed E-state index contributed by atoms with van der Waals surface area (Å²) in [6, 6.07) is 10.5. The Hall–Kier alpha value is -4.40. The first-order chi connectivity index (χ1) is 14.8. The van der Waals surface area contributed by atoms with Gasteiger partial charge in [-0.2, -0.15) is 0 Å². The molecule has 6 N–H and O–H groups in total. The predicted octanol–water partition coefficient (Wildman–Crippen LogP) is 2.92. The third-order valence-electron chi connectivity index (χ3n) is 4.82. The lowest BCUT2D eigenvalue weighted by Gasteiger charge is -2.09. The molecule has 0 bridgehead atoms. The minimum absolute atomic E-state index is 0.0517. The summed E-state index contributed by atoms with van der Waals surface area (Å²) in [4.78, 5) is 29.4. The van der Waals surface area contributed by atoms with Crippen LogP contribution in [-0.2, 0) is 11.3 Å². The number of amides is 1. The predicted molar refractivity (Wildman–Crippen MR) is 115 cm³/mol. The van der Waals surface area contributed by atoms with Gasteiger partial charge in [-0.1, -0.05) is 12.1 Å². The largest absolute Gasteiger partial charge is 0.508 e. The average Bonchev–Trinajstić information content (AvgIpc) is 3.09. The quantitative estimate of drug-likeness (QED) is 0.290. The summed E-state index contributed by atoms with van der Waals surface area (Å²) in [7, 11) is 0. The lowest BCUT2D eigenvalue weighted by molar-refractivity contribution is -0.112. The Bertz CT molecular complexity index is 1290. The number of aromatic nitrogens is 2. The molecule has 0 spiro atoms. The number of carbonyl (C=O) groups is 2. The number of halogens is 1. The van der Waals surface area contributed by atoms with E-state index in [1.807, 2.05) is 0 Å². The number of anilines is 3. The number of pyridine rings is 1. The summed E-state index contributed by atoms with van der Waals surface area (Å²) in [6.45, 7) is 0.334. The van der Waals surface area contributed by atoms with E-state index >= 15 is 0 Å². The van der Waals surface area contributed by atoms with E-state index in [4.69, 9.17) is 11.5 Å². The van der Waals surface area contributed by atoms with Crippen LogP contribution in [-0.4, -0.2) is 26.3 Å². The highest BCUT2D eigenvalue weighted by Crippen LogP contribution is 2.28. The van der Waals surface area contributed by atoms with Crippen molar-refractivity contribution in [3.05, 3.63) is 78.0 Å². The summed E-state index contributed by atoms with van der Waals surface area (Å²) in [6.07, 6.45) is 4.14. The summed E-state index contributed by atoms with van der Waals surface area (Å²) in [5, 5.41) is 12.7.